The van der Waals surface area contributed by atoms with Crippen LogP contribution < -0.4 is 4.74 Å². The van der Waals surface area contributed by atoms with Gasteiger partial charge >= 0.3 is 5.97 Å². The molecule has 15 heavy (non-hydrogen) atoms. The van der Waals surface area contributed by atoms with Crippen LogP contribution in [0.2, 0.25) is 0 Å². The fourth-order valence-electron chi connectivity index (χ4n) is 1.51. The molecule has 0 fully saturated rings. The SMILES string of the molecule is COC(=O)c1ccc2sccc2c1OC. The third kappa shape index (κ3) is 1.57. The lowest BCUT2D eigenvalue weighted by atomic mass is 10.1. The smallest absolute Gasteiger partial charge is 0.341 e. The number of ether oxygens (including phenoxy) is 2. The molecule has 1 aromatic carbocycles. The van der Waals surface area contributed by atoms with Crippen LogP contribution in [0.1, 0.15) is 10.4 Å². The summed E-state index contributed by atoms with van der Waals surface area (Å²) in [5, 5.41) is 2.92. The highest BCUT2D eigenvalue weighted by atomic mass is 32.1. The zero-order valence-electron chi connectivity index (χ0n) is 8.44. The van der Waals surface area contributed by atoms with E-state index in [1.807, 2.05) is 17.5 Å². The average Bonchev–Trinajstić information content (AvgIpc) is 2.74. The third-order valence-electron chi connectivity index (χ3n) is 2.20. The number of carbonyl (C=O) groups excluding carboxylic acids is 1. The Kier molecular flexibility index (Phi) is 2.60. The number of thiophene rings is 1. The third-order valence-corrected chi connectivity index (χ3v) is 3.08. The first-order chi connectivity index (χ1) is 7.27. The monoisotopic (exact) mass is 222 g/mol. The molecule has 0 atom stereocenters. The fraction of sp³-hybridized carbons (Fsp3) is 0.182. The summed E-state index contributed by atoms with van der Waals surface area (Å²) in [5.74, 6) is 0.209. The highest BCUT2D eigenvalue weighted by molar-refractivity contribution is 7.17. The summed E-state index contributed by atoms with van der Waals surface area (Å²) in [6, 6.07) is 5.56. The fourth-order valence-corrected chi connectivity index (χ4v) is 2.29. The predicted octanol–water partition coefficient (Wildman–Crippen LogP) is 2.70. The van der Waals surface area contributed by atoms with Gasteiger partial charge in [-0.2, -0.15) is 0 Å². The summed E-state index contributed by atoms with van der Waals surface area (Å²) in [6.45, 7) is 0. The maximum absolute atomic E-state index is 11.5. The first kappa shape index (κ1) is 9.98. The van der Waals surface area contributed by atoms with Crippen molar-refractivity contribution in [3.63, 3.8) is 0 Å². The van der Waals surface area contributed by atoms with E-state index in [0.29, 0.717) is 11.3 Å². The van der Waals surface area contributed by atoms with Crippen LogP contribution in [0.5, 0.6) is 5.75 Å². The van der Waals surface area contributed by atoms with E-state index in [9.17, 15) is 4.79 Å². The van der Waals surface area contributed by atoms with Crippen LogP contribution in [-0.4, -0.2) is 20.2 Å². The van der Waals surface area contributed by atoms with E-state index in [1.165, 1.54) is 7.11 Å². The molecular formula is C11H10O3S. The second kappa shape index (κ2) is 3.90. The van der Waals surface area contributed by atoms with Crippen LogP contribution in [0.15, 0.2) is 23.6 Å². The summed E-state index contributed by atoms with van der Waals surface area (Å²) in [4.78, 5) is 11.5. The molecule has 0 spiro atoms. The second-order valence-electron chi connectivity index (χ2n) is 2.97. The Hall–Kier alpha value is -1.55. The summed E-state index contributed by atoms with van der Waals surface area (Å²) in [5.41, 5.74) is 0.464. The van der Waals surface area contributed by atoms with Gasteiger partial charge in [0.1, 0.15) is 11.3 Å². The van der Waals surface area contributed by atoms with Gasteiger partial charge in [-0.15, -0.1) is 11.3 Å². The van der Waals surface area contributed by atoms with Crippen molar-refractivity contribution in [1.29, 1.82) is 0 Å². The average molecular weight is 222 g/mol. The number of benzene rings is 1. The number of rotatable bonds is 2. The Morgan fingerprint density at radius 2 is 2.07 bits per heavy atom. The molecule has 0 aliphatic rings. The lowest BCUT2D eigenvalue weighted by molar-refractivity contribution is 0.0597. The van der Waals surface area contributed by atoms with Crippen molar-refractivity contribution in [2.75, 3.05) is 14.2 Å². The molecule has 0 aliphatic carbocycles. The maximum Gasteiger partial charge on any atom is 0.341 e. The van der Waals surface area contributed by atoms with Crippen LogP contribution >= 0.6 is 11.3 Å². The van der Waals surface area contributed by atoms with E-state index in [1.54, 1.807) is 24.5 Å². The Labute approximate surface area is 91.2 Å². The highest BCUT2D eigenvalue weighted by Crippen LogP contribution is 2.33. The first-order valence-electron chi connectivity index (χ1n) is 4.40. The molecule has 0 amide bonds. The van der Waals surface area contributed by atoms with Crippen molar-refractivity contribution in [2.24, 2.45) is 0 Å². The molecule has 78 valence electrons. The van der Waals surface area contributed by atoms with Gasteiger partial charge in [0.15, 0.2) is 0 Å². The summed E-state index contributed by atoms with van der Waals surface area (Å²) in [6.07, 6.45) is 0. The minimum atomic E-state index is -0.375. The Bertz CT molecular complexity index is 502. The number of carbonyl (C=O) groups is 1. The first-order valence-corrected chi connectivity index (χ1v) is 5.28. The number of hydrogen-bond acceptors (Lipinski definition) is 4. The molecule has 0 unspecified atom stereocenters. The molecule has 1 heterocycles. The molecule has 0 saturated carbocycles. The molecule has 0 N–H and O–H groups in total. The van der Waals surface area contributed by atoms with E-state index >= 15 is 0 Å². The Balaban J connectivity index is 2.69. The molecule has 0 radical (unpaired) electrons. The highest BCUT2D eigenvalue weighted by Gasteiger charge is 2.15. The van der Waals surface area contributed by atoms with Gasteiger partial charge in [0.2, 0.25) is 0 Å². The van der Waals surface area contributed by atoms with Gasteiger partial charge in [0, 0.05) is 10.1 Å². The number of methoxy groups -OCH3 is 2. The van der Waals surface area contributed by atoms with E-state index < -0.39 is 0 Å². The van der Waals surface area contributed by atoms with Crippen molar-refractivity contribution < 1.29 is 14.3 Å². The maximum atomic E-state index is 11.5. The van der Waals surface area contributed by atoms with Crippen molar-refractivity contribution in [1.82, 2.24) is 0 Å². The van der Waals surface area contributed by atoms with Crippen molar-refractivity contribution in [3.05, 3.63) is 29.1 Å². The molecule has 2 aromatic rings. The van der Waals surface area contributed by atoms with Gasteiger partial charge in [-0.25, -0.2) is 4.79 Å². The van der Waals surface area contributed by atoms with Gasteiger partial charge < -0.3 is 9.47 Å². The second-order valence-corrected chi connectivity index (χ2v) is 3.92. The summed E-state index contributed by atoms with van der Waals surface area (Å²) in [7, 11) is 2.92. The zero-order chi connectivity index (χ0) is 10.8. The van der Waals surface area contributed by atoms with Gasteiger partial charge in [-0.1, -0.05) is 0 Å². The topological polar surface area (TPSA) is 35.5 Å². The van der Waals surface area contributed by atoms with Crippen LogP contribution in [0.3, 0.4) is 0 Å². The zero-order valence-corrected chi connectivity index (χ0v) is 9.26. The molecule has 3 nitrogen and oxygen atoms in total. The lowest BCUT2D eigenvalue weighted by Crippen LogP contribution is -2.03. The van der Waals surface area contributed by atoms with Gasteiger partial charge in [0.05, 0.1) is 14.2 Å². The molecule has 2 rings (SSSR count). The van der Waals surface area contributed by atoms with E-state index in [-0.39, 0.29) is 5.97 Å². The molecule has 0 aliphatic heterocycles. The van der Waals surface area contributed by atoms with Gasteiger partial charge in [0.25, 0.3) is 0 Å². The van der Waals surface area contributed by atoms with Crippen LogP contribution in [0, 0.1) is 0 Å². The Morgan fingerprint density at radius 3 is 2.73 bits per heavy atom. The molecule has 4 heteroatoms. The number of hydrogen-bond donors (Lipinski definition) is 0. The van der Waals surface area contributed by atoms with Gasteiger partial charge in [-0.3, -0.25) is 0 Å². The van der Waals surface area contributed by atoms with Crippen LogP contribution in [0.4, 0.5) is 0 Å². The molecule has 1 aromatic heterocycles. The minimum absolute atomic E-state index is 0.375. The van der Waals surface area contributed by atoms with Crippen LogP contribution in [0.25, 0.3) is 10.1 Å². The summed E-state index contributed by atoms with van der Waals surface area (Å²) < 4.78 is 11.0. The Morgan fingerprint density at radius 1 is 1.27 bits per heavy atom. The lowest BCUT2D eigenvalue weighted by Gasteiger charge is -2.07. The predicted molar refractivity (Wildman–Crippen MR) is 59.7 cm³/mol. The summed E-state index contributed by atoms with van der Waals surface area (Å²) >= 11 is 1.61. The largest absolute Gasteiger partial charge is 0.495 e. The van der Waals surface area contributed by atoms with Gasteiger partial charge in [-0.05, 0) is 23.6 Å². The normalized spacial score (nSPS) is 10.3. The van der Waals surface area contributed by atoms with E-state index in [2.05, 4.69) is 4.74 Å². The van der Waals surface area contributed by atoms with Crippen molar-refractivity contribution in [3.8, 4) is 5.75 Å². The number of esters is 1. The standard InChI is InChI=1S/C11H10O3S/c1-13-10-7-5-6-15-9(7)4-3-8(10)11(12)14-2/h3-6H,1-2H3. The van der Waals surface area contributed by atoms with E-state index in [4.69, 9.17) is 4.74 Å². The minimum Gasteiger partial charge on any atom is -0.495 e. The van der Waals surface area contributed by atoms with Crippen molar-refractivity contribution in [2.45, 2.75) is 0 Å². The van der Waals surface area contributed by atoms with Crippen LogP contribution in [-0.2, 0) is 4.74 Å². The molecule has 0 saturated heterocycles. The molecular weight excluding hydrogens is 212 g/mol. The quantitative estimate of drug-likeness (QED) is 0.733. The van der Waals surface area contributed by atoms with Crippen molar-refractivity contribution >= 4 is 27.4 Å². The van der Waals surface area contributed by atoms with E-state index in [0.717, 1.165) is 10.1 Å². The molecule has 0 bridgehead atoms. The number of fused-ring (bicyclic) bond motifs is 1.